The Morgan fingerprint density at radius 1 is 1.41 bits per heavy atom. The SMILES string of the molecule is CC1CN(Cc2ccc(O)c(Br)c2)CCN1C. The molecule has 1 unspecified atom stereocenters. The summed E-state index contributed by atoms with van der Waals surface area (Å²) in [5.74, 6) is 0.306. The fourth-order valence-corrected chi connectivity index (χ4v) is 2.60. The number of hydrogen-bond acceptors (Lipinski definition) is 3. The average molecular weight is 299 g/mol. The van der Waals surface area contributed by atoms with Gasteiger partial charge in [-0.1, -0.05) is 6.07 Å². The monoisotopic (exact) mass is 298 g/mol. The molecule has 1 aromatic carbocycles. The van der Waals surface area contributed by atoms with Gasteiger partial charge in [-0.25, -0.2) is 0 Å². The lowest BCUT2D eigenvalue weighted by atomic mass is 10.1. The lowest BCUT2D eigenvalue weighted by Gasteiger charge is -2.37. The van der Waals surface area contributed by atoms with Crippen LogP contribution in [-0.4, -0.2) is 47.6 Å². The topological polar surface area (TPSA) is 26.7 Å². The minimum absolute atomic E-state index is 0.306. The molecule has 3 nitrogen and oxygen atoms in total. The molecule has 0 amide bonds. The van der Waals surface area contributed by atoms with Crippen LogP contribution in [0.3, 0.4) is 0 Å². The molecule has 0 aliphatic carbocycles. The van der Waals surface area contributed by atoms with Crippen LogP contribution < -0.4 is 0 Å². The molecule has 1 heterocycles. The van der Waals surface area contributed by atoms with Crippen LogP contribution in [0.25, 0.3) is 0 Å². The van der Waals surface area contributed by atoms with Crippen molar-refractivity contribution in [2.24, 2.45) is 0 Å². The number of nitrogens with zero attached hydrogens (tertiary/aromatic N) is 2. The van der Waals surface area contributed by atoms with Gasteiger partial charge < -0.3 is 10.0 Å². The summed E-state index contributed by atoms with van der Waals surface area (Å²) >= 11 is 3.36. The summed E-state index contributed by atoms with van der Waals surface area (Å²) in [4.78, 5) is 4.85. The Morgan fingerprint density at radius 2 is 2.18 bits per heavy atom. The Balaban J connectivity index is 1.99. The molecule has 17 heavy (non-hydrogen) atoms. The molecule has 94 valence electrons. The lowest BCUT2D eigenvalue weighted by Crippen LogP contribution is -2.49. The van der Waals surface area contributed by atoms with Crippen molar-refractivity contribution >= 4 is 15.9 Å². The minimum Gasteiger partial charge on any atom is -0.507 e. The first-order chi connectivity index (χ1) is 8.06. The number of piperazine rings is 1. The van der Waals surface area contributed by atoms with Crippen LogP contribution in [0.4, 0.5) is 0 Å². The first-order valence-electron chi connectivity index (χ1n) is 5.96. The molecule has 1 aliphatic rings. The van der Waals surface area contributed by atoms with Crippen LogP contribution in [0, 0.1) is 0 Å². The molecule has 2 rings (SSSR count). The second kappa shape index (κ2) is 5.38. The number of aromatic hydroxyl groups is 1. The molecule has 0 saturated carbocycles. The number of likely N-dealkylation sites (N-methyl/N-ethyl adjacent to an activating group) is 1. The minimum atomic E-state index is 0.306. The zero-order valence-corrected chi connectivity index (χ0v) is 11.9. The van der Waals surface area contributed by atoms with Crippen molar-refractivity contribution in [1.29, 1.82) is 0 Å². The van der Waals surface area contributed by atoms with Crippen molar-refractivity contribution in [2.75, 3.05) is 26.7 Å². The highest BCUT2D eigenvalue weighted by molar-refractivity contribution is 9.10. The summed E-state index contributed by atoms with van der Waals surface area (Å²) in [7, 11) is 2.18. The Hall–Kier alpha value is -0.580. The van der Waals surface area contributed by atoms with E-state index in [4.69, 9.17) is 0 Å². The first kappa shape index (κ1) is 12.9. The van der Waals surface area contributed by atoms with Crippen molar-refractivity contribution in [2.45, 2.75) is 19.5 Å². The summed E-state index contributed by atoms with van der Waals surface area (Å²) in [6, 6.07) is 6.35. The van der Waals surface area contributed by atoms with Crippen molar-refractivity contribution < 1.29 is 5.11 Å². The van der Waals surface area contributed by atoms with E-state index in [9.17, 15) is 5.11 Å². The molecular weight excluding hydrogens is 280 g/mol. The quantitative estimate of drug-likeness (QED) is 0.907. The van der Waals surface area contributed by atoms with Crippen molar-refractivity contribution in [3.05, 3.63) is 28.2 Å². The summed E-state index contributed by atoms with van der Waals surface area (Å²) in [6.45, 7) is 6.56. The number of halogens is 1. The van der Waals surface area contributed by atoms with Gasteiger partial charge in [0.2, 0.25) is 0 Å². The summed E-state index contributed by atoms with van der Waals surface area (Å²) < 4.78 is 0.775. The van der Waals surface area contributed by atoms with Gasteiger partial charge in [0.25, 0.3) is 0 Å². The normalized spacial score (nSPS) is 22.9. The van der Waals surface area contributed by atoms with E-state index in [0.29, 0.717) is 11.8 Å². The molecule has 1 N–H and O–H groups in total. The number of benzene rings is 1. The number of phenols is 1. The summed E-state index contributed by atoms with van der Waals surface area (Å²) in [5, 5.41) is 9.46. The van der Waals surface area contributed by atoms with Crippen LogP contribution in [0.5, 0.6) is 5.75 Å². The standard InChI is InChI=1S/C13H19BrN2O/c1-10-8-16(6-5-15(10)2)9-11-3-4-13(17)12(14)7-11/h3-4,7,10,17H,5-6,8-9H2,1-2H3. The van der Waals surface area contributed by atoms with Gasteiger partial charge in [-0.3, -0.25) is 4.90 Å². The number of rotatable bonds is 2. The van der Waals surface area contributed by atoms with Crippen molar-refractivity contribution in [3.8, 4) is 5.75 Å². The maximum Gasteiger partial charge on any atom is 0.129 e. The predicted octanol–water partition coefficient (Wildman–Crippen LogP) is 2.29. The van der Waals surface area contributed by atoms with E-state index >= 15 is 0 Å². The molecule has 0 radical (unpaired) electrons. The van der Waals surface area contributed by atoms with Crippen LogP contribution in [-0.2, 0) is 6.54 Å². The van der Waals surface area contributed by atoms with E-state index in [1.165, 1.54) is 5.56 Å². The Bertz CT molecular complexity index is 397. The molecule has 4 heteroatoms. The molecule has 0 aromatic heterocycles. The van der Waals surface area contributed by atoms with E-state index < -0.39 is 0 Å². The molecule has 1 fully saturated rings. The maximum atomic E-state index is 9.46. The Kier molecular flexibility index (Phi) is 4.07. The van der Waals surface area contributed by atoms with E-state index in [1.807, 2.05) is 12.1 Å². The van der Waals surface area contributed by atoms with Crippen molar-refractivity contribution in [3.63, 3.8) is 0 Å². The number of hydrogen-bond donors (Lipinski definition) is 1. The third-order valence-corrected chi connectivity index (χ3v) is 4.10. The highest BCUT2D eigenvalue weighted by Gasteiger charge is 2.20. The summed E-state index contributed by atoms with van der Waals surface area (Å²) in [6.07, 6.45) is 0. The fourth-order valence-electron chi connectivity index (χ4n) is 2.17. The van der Waals surface area contributed by atoms with Gasteiger partial charge in [0, 0.05) is 32.2 Å². The molecule has 1 aliphatic heterocycles. The maximum absolute atomic E-state index is 9.46. The first-order valence-corrected chi connectivity index (χ1v) is 6.75. The van der Waals surface area contributed by atoms with Gasteiger partial charge in [0.1, 0.15) is 5.75 Å². The number of phenolic OH excluding ortho intramolecular Hbond substituents is 1. The largest absolute Gasteiger partial charge is 0.507 e. The van der Waals surface area contributed by atoms with Gasteiger partial charge in [-0.15, -0.1) is 0 Å². The van der Waals surface area contributed by atoms with Crippen LogP contribution in [0.15, 0.2) is 22.7 Å². The Labute approximate surface area is 111 Å². The second-order valence-corrected chi connectivity index (χ2v) is 5.70. The predicted molar refractivity (Wildman–Crippen MR) is 73.2 cm³/mol. The second-order valence-electron chi connectivity index (χ2n) is 4.85. The van der Waals surface area contributed by atoms with Gasteiger partial charge in [0.05, 0.1) is 4.47 Å². The smallest absolute Gasteiger partial charge is 0.129 e. The van der Waals surface area contributed by atoms with Crippen LogP contribution in [0.1, 0.15) is 12.5 Å². The highest BCUT2D eigenvalue weighted by atomic mass is 79.9. The highest BCUT2D eigenvalue weighted by Crippen LogP contribution is 2.25. The lowest BCUT2D eigenvalue weighted by molar-refractivity contribution is 0.1000. The molecule has 1 atom stereocenters. The summed E-state index contributed by atoms with van der Waals surface area (Å²) in [5.41, 5.74) is 1.24. The van der Waals surface area contributed by atoms with Gasteiger partial charge in [-0.05, 0) is 47.6 Å². The molecular formula is C13H19BrN2O. The van der Waals surface area contributed by atoms with Crippen LogP contribution >= 0.6 is 15.9 Å². The van der Waals surface area contributed by atoms with Crippen LogP contribution in [0.2, 0.25) is 0 Å². The third-order valence-electron chi connectivity index (χ3n) is 3.46. The average Bonchev–Trinajstić information content (AvgIpc) is 2.29. The van der Waals surface area contributed by atoms with E-state index in [0.717, 1.165) is 30.7 Å². The van der Waals surface area contributed by atoms with Gasteiger partial charge in [0.15, 0.2) is 0 Å². The van der Waals surface area contributed by atoms with Gasteiger partial charge >= 0.3 is 0 Å². The molecule has 0 spiro atoms. The van der Waals surface area contributed by atoms with Crippen molar-refractivity contribution in [1.82, 2.24) is 9.80 Å². The Morgan fingerprint density at radius 3 is 2.82 bits per heavy atom. The van der Waals surface area contributed by atoms with E-state index in [2.05, 4.69) is 39.7 Å². The molecule has 1 aromatic rings. The van der Waals surface area contributed by atoms with Gasteiger partial charge in [-0.2, -0.15) is 0 Å². The molecule has 0 bridgehead atoms. The fraction of sp³-hybridized carbons (Fsp3) is 0.538. The third kappa shape index (κ3) is 3.21. The zero-order valence-electron chi connectivity index (χ0n) is 10.4. The van der Waals surface area contributed by atoms with E-state index in [1.54, 1.807) is 6.07 Å². The zero-order chi connectivity index (χ0) is 12.4. The van der Waals surface area contributed by atoms with E-state index in [-0.39, 0.29) is 0 Å². The molecule has 1 saturated heterocycles.